The Morgan fingerprint density at radius 2 is 1.85 bits per heavy atom. The van der Waals surface area contributed by atoms with Crippen molar-refractivity contribution in [3.05, 3.63) is 22.7 Å². The molecule has 0 heterocycles. The Labute approximate surface area is 76.7 Å². The quantitative estimate of drug-likeness (QED) is 0.648. The van der Waals surface area contributed by atoms with Crippen molar-refractivity contribution < 1.29 is 18.3 Å². The molecule has 0 radical (unpaired) electrons. The van der Waals surface area contributed by atoms with E-state index in [-0.39, 0.29) is 5.69 Å². The van der Waals surface area contributed by atoms with Gasteiger partial charge in [0.1, 0.15) is 5.75 Å². The van der Waals surface area contributed by atoms with Crippen LogP contribution in [-0.2, 0) is 6.18 Å². The molecule has 0 aromatic heterocycles. The van der Waals surface area contributed by atoms with E-state index in [1.165, 1.54) is 0 Å². The Kier molecular flexibility index (Phi) is 2.30. The third-order valence-corrected chi connectivity index (χ3v) is 1.81. The number of halogens is 4. The van der Waals surface area contributed by atoms with Gasteiger partial charge in [0.15, 0.2) is 0 Å². The third kappa shape index (κ3) is 1.98. The predicted octanol–water partition coefficient (Wildman–Crippen LogP) is 2.65. The summed E-state index contributed by atoms with van der Waals surface area (Å²) in [6.07, 6.45) is -4.61. The lowest BCUT2D eigenvalue weighted by molar-refractivity contribution is -0.137. The van der Waals surface area contributed by atoms with Crippen molar-refractivity contribution in [2.24, 2.45) is 0 Å². The van der Waals surface area contributed by atoms with Gasteiger partial charge in [0.2, 0.25) is 0 Å². The highest BCUT2D eigenvalue weighted by Crippen LogP contribution is 2.39. The molecule has 3 N–H and O–H groups in total. The second-order valence-electron chi connectivity index (χ2n) is 2.39. The molecule has 0 fully saturated rings. The highest BCUT2D eigenvalue weighted by atomic mass is 35.5. The number of benzene rings is 1. The van der Waals surface area contributed by atoms with Crippen LogP contribution in [0.1, 0.15) is 5.56 Å². The summed E-state index contributed by atoms with van der Waals surface area (Å²) in [5, 5.41) is 8.25. The van der Waals surface area contributed by atoms with Gasteiger partial charge in [-0.3, -0.25) is 0 Å². The molecule has 0 aliphatic carbocycles. The maximum absolute atomic E-state index is 12.2. The summed E-state index contributed by atoms with van der Waals surface area (Å²) in [4.78, 5) is 0. The van der Waals surface area contributed by atoms with E-state index in [9.17, 15) is 13.2 Å². The largest absolute Gasteiger partial charge is 0.508 e. The molecular formula is C7H5ClF3NO. The van der Waals surface area contributed by atoms with E-state index in [4.69, 9.17) is 22.4 Å². The first-order chi connectivity index (χ1) is 5.82. The minimum atomic E-state index is -4.61. The van der Waals surface area contributed by atoms with Crippen molar-refractivity contribution in [3.63, 3.8) is 0 Å². The molecule has 72 valence electrons. The van der Waals surface area contributed by atoms with Gasteiger partial charge < -0.3 is 10.8 Å². The molecule has 1 aromatic rings. The number of hydrogen-bond acceptors (Lipinski definition) is 2. The summed E-state index contributed by atoms with van der Waals surface area (Å²) in [5.74, 6) is -0.561. The molecule has 1 aromatic carbocycles. The number of phenolic OH excluding ortho intramolecular Hbond substituents is 1. The van der Waals surface area contributed by atoms with Crippen LogP contribution in [0.25, 0.3) is 0 Å². The van der Waals surface area contributed by atoms with Crippen molar-refractivity contribution in [3.8, 4) is 5.75 Å². The fourth-order valence-electron chi connectivity index (χ4n) is 0.837. The van der Waals surface area contributed by atoms with Crippen LogP contribution in [0.3, 0.4) is 0 Å². The van der Waals surface area contributed by atoms with Gasteiger partial charge in [-0.25, -0.2) is 0 Å². The van der Waals surface area contributed by atoms with E-state index in [0.29, 0.717) is 6.07 Å². The van der Waals surface area contributed by atoms with Crippen molar-refractivity contribution in [2.75, 3.05) is 5.73 Å². The van der Waals surface area contributed by atoms with Gasteiger partial charge in [0.25, 0.3) is 0 Å². The Morgan fingerprint density at radius 3 is 2.31 bits per heavy atom. The molecule has 0 saturated heterocycles. The van der Waals surface area contributed by atoms with Gasteiger partial charge in [-0.15, -0.1) is 0 Å². The highest BCUT2D eigenvalue weighted by Gasteiger charge is 2.34. The van der Waals surface area contributed by atoms with Gasteiger partial charge in [-0.05, 0) is 6.07 Å². The van der Waals surface area contributed by atoms with Crippen LogP contribution >= 0.6 is 11.6 Å². The first-order valence-corrected chi connectivity index (χ1v) is 3.55. The minimum Gasteiger partial charge on any atom is -0.508 e. The number of alkyl halides is 3. The van der Waals surface area contributed by atoms with Gasteiger partial charge >= 0.3 is 6.18 Å². The summed E-state index contributed by atoms with van der Waals surface area (Å²) in [7, 11) is 0. The zero-order valence-electron chi connectivity index (χ0n) is 6.19. The number of anilines is 1. The van der Waals surface area contributed by atoms with Crippen molar-refractivity contribution >= 4 is 17.3 Å². The molecule has 0 spiro atoms. The smallest absolute Gasteiger partial charge is 0.418 e. The van der Waals surface area contributed by atoms with Gasteiger partial charge in [0.05, 0.1) is 16.3 Å². The van der Waals surface area contributed by atoms with E-state index in [1.54, 1.807) is 0 Å². The van der Waals surface area contributed by atoms with E-state index in [1.807, 2.05) is 0 Å². The molecule has 0 saturated carbocycles. The zero-order chi connectivity index (χ0) is 10.2. The first-order valence-electron chi connectivity index (χ1n) is 3.17. The first kappa shape index (κ1) is 9.98. The fourth-order valence-corrected chi connectivity index (χ4v) is 1.05. The van der Waals surface area contributed by atoms with E-state index in [0.717, 1.165) is 6.07 Å². The van der Waals surface area contributed by atoms with Crippen LogP contribution < -0.4 is 5.73 Å². The number of nitrogen functional groups attached to an aromatic ring is 1. The van der Waals surface area contributed by atoms with Crippen LogP contribution in [0.2, 0.25) is 5.02 Å². The second-order valence-corrected chi connectivity index (χ2v) is 2.77. The zero-order valence-corrected chi connectivity index (χ0v) is 6.95. The van der Waals surface area contributed by atoms with E-state index in [2.05, 4.69) is 0 Å². The predicted molar refractivity (Wildman–Crippen MR) is 42.5 cm³/mol. The van der Waals surface area contributed by atoms with Crippen LogP contribution in [0, 0.1) is 0 Å². The SMILES string of the molecule is Nc1cc(O)cc(C(F)(F)F)c1Cl. The molecule has 0 unspecified atom stereocenters. The molecule has 2 nitrogen and oxygen atoms in total. The summed E-state index contributed by atoms with van der Waals surface area (Å²) >= 11 is 5.29. The summed E-state index contributed by atoms with van der Waals surface area (Å²) in [6, 6.07) is 1.48. The van der Waals surface area contributed by atoms with Crippen molar-refractivity contribution in [1.82, 2.24) is 0 Å². The number of nitrogens with two attached hydrogens (primary N) is 1. The monoisotopic (exact) mass is 211 g/mol. The lowest BCUT2D eigenvalue weighted by Gasteiger charge is -2.10. The number of phenols is 1. The molecule has 13 heavy (non-hydrogen) atoms. The van der Waals surface area contributed by atoms with E-state index < -0.39 is 22.5 Å². The molecule has 0 amide bonds. The maximum atomic E-state index is 12.2. The Morgan fingerprint density at radius 1 is 1.31 bits per heavy atom. The van der Waals surface area contributed by atoms with Crippen LogP contribution in [-0.4, -0.2) is 5.11 Å². The lowest BCUT2D eigenvalue weighted by Crippen LogP contribution is -2.07. The molecular weight excluding hydrogens is 207 g/mol. The Hall–Kier alpha value is -1.10. The third-order valence-electron chi connectivity index (χ3n) is 1.39. The maximum Gasteiger partial charge on any atom is 0.418 e. The van der Waals surface area contributed by atoms with Gasteiger partial charge in [-0.2, -0.15) is 13.2 Å². The van der Waals surface area contributed by atoms with Crippen LogP contribution in [0.5, 0.6) is 5.75 Å². The molecule has 0 atom stereocenters. The number of hydrogen-bond donors (Lipinski definition) is 2. The molecule has 1 rings (SSSR count). The normalized spacial score (nSPS) is 11.7. The van der Waals surface area contributed by atoms with E-state index >= 15 is 0 Å². The molecule has 0 bridgehead atoms. The lowest BCUT2D eigenvalue weighted by atomic mass is 10.2. The number of rotatable bonds is 0. The fraction of sp³-hybridized carbons (Fsp3) is 0.143. The van der Waals surface area contributed by atoms with Crippen molar-refractivity contribution in [1.29, 1.82) is 0 Å². The highest BCUT2D eigenvalue weighted by molar-refractivity contribution is 6.34. The molecule has 0 aliphatic heterocycles. The van der Waals surface area contributed by atoms with Gasteiger partial charge in [0, 0.05) is 6.07 Å². The average molecular weight is 212 g/mol. The van der Waals surface area contributed by atoms with Crippen LogP contribution in [0.4, 0.5) is 18.9 Å². The van der Waals surface area contributed by atoms with Gasteiger partial charge in [-0.1, -0.05) is 11.6 Å². The minimum absolute atomic E-state index is 0.297. The summed E-state index contributed by atoms with van der Waals surface area (Å²) in [5.41, 5.74) is 3.70. The standard InChI is InChI=1S/C7H5ClF3NO/c8-6-4(7(9,10)11)1-3(13)2-5(6)12/h1-2,13H,12H2. The molecule has 0 aliphatic rings. The summed E-state index contributed by atoms with van der Waals surface area (Å²) < 4.78 is 36.5. The topological polar surface area (TPSA) is 46.2 Å². The van der Waals surface area contributed by atoms with Crippen molar-refractivity contribution in [2.45, 2.75) is 6.18 Å². The Bertz CT molecular complexity index is 337. The average Bonchev–Trinajstić information content (AvgIpc) is 1.94. The molecule has 6 heteroatoms. The number of aromatic hydroxyl groups is 1. The Balaban J connectivity index is 3.37. The van der Waals surface area contributed by atoms with Crippen LogP contribution in [0.15, 0.2) is 12.1 Å². The summed E-state index contributed by atoms with van der Waals surface area (Å²) in [6.45, 7) is 0. The second kappa shape index (κ2) is 2.99.